The van der Waals surface area contributed by atoms with Crippen LogP contribution in [0.15, 0.2) is 0 Å². The molecular formula is C21H42N4O6. The standard InChI is InChI=1S/C17H36N4O.C4H6O5/c1-2-3-4-5-6-7-8-9-10-13-16(22)20-14-11-12-15-21-17(18)19;5-2(4(8)9)1-3(6)7/h2-15H2,1H3,(H,20,22)(H4,18,19,21);2,5H,1H2,(H,6,7)(H,8,9). The zero-order valence-corrected chi connectivity index (χ0v) is 18.8. The maximum absolute atomic E-state index is 11.6. The van der Waals surface area contributed by atoms with Crippen molar-refractivity contribution in [1.82, 2.24) is 10.6 Å². The van der Waals surface area contributed by atoms with Crippen LogP contribution < -0.4 is 16.4 Å². The predicted molar refractivity (Wildman–Crippen MR) is 120 cm³/mol. The van der Waals surface area contributed by atoms with Gasteiger partial charge in [-0.25, -0.2) is 4.79 Å². The van der Waals surface area contributed by atoms with E-state index in [9.17, 15) is 14.4 Å². The SMILES string of the molecule is CCCCCCCCCCCC(=O)NCCCCNC(=N)N.O=C(O)CC(O)C(=O)O. The third-order valence-corrected chi connectivity index (χ3v) is 4.40. The third kappa shape index (κ3) is 27.6. The number of unbranched alkanes of at least 4 members (excludes halogenated alkanes) is 9. The number of hydrogen-bond donors (Lipinski definition) is 7. The molecule has 0 bridgehead atoms. The largest absolute Gasteiger partial charge is 0.481 e. The molecule has 0 aromatic heterocycles. The number of aliphatic carboxylic acids is 2. The summed E-state index contributed by atoms with van der Waals surface area (Å²) in [6, 6.07) is 0. The maximum atomic E-state index is 11.6. The fraction of sp³-hybridized carbons (Fsp3) is 0.810. The fourth-order valence-corrected chi connectivity index (χ4v) is 2.64. The van der Waals surface area contributed by atoms with Crippen molar-refractivity contribution in [3.8, 4) is 0 Å². The zero-order valence-electron chi connectivity index (χ0n) is 18.8. The first-order valence-corrected chi connectivity index (χ1v) is 11.2. The average molecular weight is 447 g/mol. The first-order valence-electron chi connectivity index (χ1n) is 11.2. The van der Waals surface area contributed by atoms with E-state index in [4.69, 9.17) is 26.5 Å². The molecule has 0 aliphatic carbocycles. The lowest BCUT2D eigenvalue weighted by Crippen LogP contribution is -2.31. The zero-order chi connectivity index (χ0) is 23.9. The van der Waals surface area contributed by atoms with Gasteiger partial charge in [0, 0.05) is 19.5 Å². The molecule has 0 saturated heterocycles. The number of rotatable bonds is 18. The van der Waals surface area contributed by atoms with Gasteiger partial charge in [-0.1, -0.05) is 58.3 Å². The number of amides is 1. The molecule has 8 N–H and O–H groups in total. The molecule has 0 saturated carbocycles. The number of carbonyl (C=O) groups is 3. The average Bonchev–Trinajstić information content (AvgIpc) is 2.69. The van der Waals surface area contributed by atoms with Gasteiger partial charge in [-0.05, 0) is 19.3 Å². The van der Waals surface area contributed by atoms with Gasteiger partial charge in [-0.2, -0.15) is 0 Å². The highest BCUT2D eigenvalue weighted by molar-refractivity contribution is 5.79. The normalized spacial score (nSPS) is 11.0. The van der Waals surface area contributed by atoms with E-state index in [1.54, 1.807) is 0 Å². The number of carboxylic acid groups (broad SMARTS) is 2. The summed E-state index contributed by atoms with van der Waals surface area (Å²) < 4.78 is 0. The molecule has 1 amide bonds. The van der Waals surface area contributed by atoms with Gasteiger partial charge >= 0.3 is 11.9 Å². The van der Waals surface area contributed by atoms with E-state index >= 15 is 0 Å². The van der Waals surface area contributed by atoms with Gasteiger partial charge in [0.05, 0.1) is 6.42 Å². The van der Waals surface area contributed by atoms with Crippen LogP contribution in [0.2, 0.25) is 0 Å². The van der Waals surface area contributed by atoms with Gasteiger partial charge in [-0.3, -0.25) is 15.0 Å². The first-order chi connectivity index (χ1) is 14.7. The van der Waals surface area contributed by atoms with E-state index in [1.165, 1.54) is 51.4 Å². The minimum absolute atomic E-state index is 0.00870. The van der Waals surface area contributed by atoms with Gasteiger partial charge in [0.25, 0.3) is 0 Å². The van der Waals surface area contributed by atoms with Crippen molar-refractivity contribution in [1.29, 1.82) is 5.41 Å². The van der Waals surface area contributed by atoms with E-state index in [0.717, 1.165) is 25.8 Å². The van der Waals surface area contributed by atoms with Gasteiger partial charge < -0.3 is 31.7 Å². The lowest BCUT2D eigenvalue weighted by molar-refractivity contribution is -0.152. The second-order valence-electron chi connectivity index (χ2n) is 7.43. The predicted octanol–water partition coefficient (Wildman–Crippen LogP) is 2.19. The fourth-order valence-electron chi connectivity index (χ4n) is 2.64. The first kappa shape index (κ1) is 30.8. The van der Waals surface area contributed by atoms with Crippen LogP contribution in [0.4, 0.5) is 0 Å². The van der Waals surface area contributed by atoms with E-state index < -0.39 is 24.5 Å². The molecule has 0 aliphatic heterocycles. The van der Waals surface area contributed by atoms with Crippen LogP contribution in [0.1, 0.15) is 90.4 Å². The van der Waals surface area contributed by atoms with Crippen molar-refractivity contribution in [3.05, 3.63) is 0 Å². The molecule has 0 radical (unpaired) electrons. The highest BCUT2D eigenvalue weighted by atomic mass is 16.4. The molecule has 0 spiro atoms. The van der Waals surface area contributed by atoms with Crippen molar-refractivity contribution in [2.45, 2.75) is 96.5 Å². The number of aliphatic hydroxyl groups is 1. The van der Waals surface area contributed by atoms with E-state index in [-0.39, 0.29) is 11.9 Å². The number of aliphatic hydroxyl groups excluding tert-OH is 1. The Balaban J connectivity index is 0. The van der Waals surface area contributed by atoms with Gasteiger partial charge in [0.15, 0.2) is 12.1 Å². The molecule has 0 aromatic rings. The molecule has 1 atom stereocenters. The minimum atomic E-state index is -1.79. The second-order valence-corrected chi connectivity index (χ2v) is 7.43. The number of carbonyl (C=O) groups excluding carboxylic acids is 1. The van der Waals surface area contributed by atoms with Gasteiger partial charge in [-0.15, -0.1) is 0 Å². The van der Waals surface area contributed by atoms with Crippen molar-refractivity contribution in [3.63, 3.8) is 0 Å². The summed E-state index contributed by atoms with van der Waals surface area (Å²) in [7, 11) is 0. The Morgan fingerprint density at radius 2 is 1.32 bits per heavy atom. The number of carboxylic acids is 2. The Bertz CT molecular complexity index is 502. The lowest BCUT2D eigenvalue weighted by atomic mass is 10.1. The van der Waals surface area contributed by atoms with Crippen LogP contribution in [0.5, 0.6) is 0 Å². The molecule has 0 heterocycles. The molecule has 10 heteroatoms. The quantitative estimate of drug-likeness (QED) is 0.0948. The number of hydrogen-bond acceptors (Lipinski definition) is 5. The summed E-state index contributed by atoms with van der Waals surface area (Å²) in [5.41, 5.74) is 5.18. The Morgan fingerprint density at radius 3 is 1.74 bits per heavy atom. The summed E-state index contributed by atoms with van der Waals surface area (Å²) in [5, 5.41) is 36.8. The van der Waals surface area contributed by atoms with E-state index in [2.05, 4.69) is 17.6 Å². The van der Waals surface area contributed by atoms with Crippen LogP contribution in [0.3, 0.4) is 0 Å². The third-order valence-electron chi connectivity index (χ3n) is 4.40. The van der Waals surface area contributed by atoms with Gasteiger partial charge in [0.1, 0.15) is 0 Å². The van der Waals surface area contributed by atoms with Crippen LogP contribution in [0, 0.1) is 5.41 Å². The molecule has 0 rings (SSSR count). The molecule has 10 nitrogen and oxygen atoms in total. The van der Waals surface area contributed by atoms with Crippen molar-refractivity contribution in [2.75, 3.05) is 13.1 Å². The van der Waals surface area contributed by atoms with Crippen molar-refractivity contribution in [2.24, 2.45) is 5.73 Å². The smallest absolute Gasteiger partial charge is 0.333 e. The molecule has 0 fully saturated rings. The molecular weight excluding hydrogens is 404 g/mol. The molecule has 31 heavy (non-hydrogen) atoms. The van der Waals surface area contributed by atoms with Crippen LogP contribution in [-0.2, 0) is 14.4 Å². The van der Waals surface area contributed by atoms with Crippen LogP contribution in [-0.4, -0.2) is 58.3 Å². The van der Waals surface area contributed by atoms with Gasteiger partial charge in [0.2, 0.25) is 5.91 Å². The molecule has 182 valence electrons. The van der Waals surface area contributed by atoms with Crippen LogP contribution in [0.25, 0.3) is 0 Å². The summed E-state index contributed by atoms with van der Waals surface area (Å²) in [5.74, 6) is -2.67. The van der Waals surface area contributed by atoms with Crippen molar-refractivity contribution < 1.29 is 29.7 Å². The summed E-state index contributed by atoms with van der Waals surface area (Å²) >= 11 is 0. The van der Waals surface area contributed by atoms with E-state index in [1.807, 2.05) is 0 Å². The Morgan fingerprint density at radius 1 is 0.839 bits per heavy atom. The molecule has 0 aromatic carbocycles. The Labute approximate surface area is 185 Å². The highest BCUT2D eigenvalue weighted by Gasteiger charge is 2.16. The number of nitrogens with one attached hydrogen (secondary N) is 3. The Hall–Kier alpha value is -2.36. The second kappa shape index (κ2) is 22.3. The maximum Gasteiger partial charge on any atom is 0.333 e. The summed E-state index contributed by atoms with van der Waals surface area (Å²) in [6.45, 7) is 3.66. The number of guanidine groups is 1. The van der Waals surface area contributed by atoms with Crippen LogP contribution >= 0.6 is 0 Å². The number of nitrogens with two attached hydrogens (primary N) is 1. The summed E-state index contributed by atoms with van der Waals surface area (Å²) in [6.07, 6.45) is 11.5. The molecule has 0 aliphatic rings. The molecule has 1 unspecified atom stereocenters. The topological polar surface area (TPSA) is 186 Å². The highest BCUT2D eigenvalue weighted by Crippen LogP contribution is 2.10. The Kier molecular flexibility index (Phi) is 22.2. The van der Waals surface area contributed by atoms with E-state index in [0.29, 0.717) is 13.0 Å². The monoisotopic (exact) mass is 446 g/mol. The minimum Gasteiger partial charge on any atom is -0.481 e. The van der Waals surface area contributed by atoms with Crippen molar-refractivity contribution >= 4 is 23.8 Å². The summed E-state index contributed by atoms with van der Waals surface area (Å²) in [4.78, 5) is 31.0. The lowest BCUT2D eigenvalue weighted by Gasteiger charge is -2.06.